The zero-order chi connectivity index (χ0) is 31.2. The molecule has 0 saturated carbocycles. The predicted molar refractivity (Wildman–Crippen MR) is 155 cm³/mol. The van der Waals surface area contributed by atoms with Crippen LogP contribution in [-0.4, -0.2) is 60.7 Å². The number of nitrogens with zero attached hydrogens (tertiary/aromatic N) is 1. The fourth-order valence-electron chi connectivity index (χ4n) is 3.17. The maximum atomic E-state index is 11.5. The highest BCUT2D eigenvalue weighted by molar-refractivity contribution is 5.94. The predicted octanol–water partition coefficient (Wildman–Crippen LogP) is 5.04. The van der Waals surface area contributed by atoms with Crippen LogP contribution in [0.15, 0.2) is 42.6 Å². The van der Waals surface area contributed by atoms with Crippen molar-refractivity contribution >= 4 is 17.8 Å². The highest BCUT2D eigenvalue weighted by Gasteiger charge is 2.17. The number of nitrogens with two attached hydrogens (primary N) is 1. The molecule has 2 unspecified atom stereocenters. The minimum Gasteiger partial charge on any atom is -0.508 e. The van der Waals surface area contributed by atoms with Crippen LogP contribution >= 0.6 is 0 Å². The SMILES string of the molecule is CCCOC(CC)CC(C)OC(=O)CC(C)C.COc1ccnc(C(N)=O)c1OCOC(C)=O.Oc1ccccc1. The van der Waals surface area contributed by atoms with Gasteiger partial charge in [0.15, 0.2) is 17.2 Å². The lowest BCUT2D eigenvalue weighted by Gasteiger charge is -2.20. The van der Waals surface area contributed by atoms with E-state index in [4.69, 9.17) is 29.8 Å². The van der Waals surface area contributed by atoms with Gasteiger partial charge in [0, 0.05) is 38.6 Å². The number of esters is 2. The Kier molecular flexibility index (Phi) is 19.8. The van der Waals surface area contributed by atoms with E-state index >= 15 is 0 Å². The van der Waals surface area contributed by atoms with Crippen LogP contribution in [0, 0.1) is 5.92 Å². The number of benzene rings is 1. The maximum Gasteiger partial charge on any atom is 0.306 e. The van der Waals surface area contributed by atoms with Crippen molar-refractivity contribution in [1.82, 2.24) is 4.98 Å². The first kappa shape index (κ1) is 37.1. The smallest absolute Gasteiger partial charge is 0.306 e. The molecule has 0 fully saturated rings. The Morgan fingerprint density at radius 1 is 1.05 bits per heavy atom. The second kappa shape index (κ2) is 21.9. The second-order valence-corrected chi connectivity index (χ2v) is 9.32. The van der Waals surface area contributed by atoms with Crippen molar-refractivity contribution in [3.05, 3.63) is 48.3 Å². The number of primary amides is 1. The Morgan fingerprint density at radius 3 is 2.17 bits per heavy atom. The van der Waals surface area contributed by atoms with E-state index in [1.54, 1.807) is 24.3 Å². The third-order valence-electron chi connectivity index (χ3n) is 5.06. The Hall–Kier alpha value is -3.86. The number of aromatic nitrogens is 1. The number of rotatable bonds is 14. The number of ether oxygens (including phenoxy) is 5. The average molecular weight is 579 g/mol. The first-order valence-corrected chi connectivity index (χ1v) is 13.6. The van der Waals surface area contributed by atoms with Crippen molar-refractivity contribution in [2.75, 3.05) is 20.5 Å². The Bertz CT molecular complexity index is 1020. The van der Waals surface area contributed by atoms with Crippen molar-refractivity contribution < 1.29 is 43.2 Å². The molecule has 11 heteroatoms. The molecule has 230 valence electrons. The van der Waals surface area contributed by atoms with Crippen molar-refractivity contribution in [1.29, 1.82) is 0 Å². The van der Waals surface area contributed by atoms with Crippen molar-refractivity contribution in [3.8, 4) is 17.2 Å². The largest absolute Gasteiger partial charge is 0.508 e. The lowest BCUT2D eigenvalue weighted by molar-refractivity contribution is -0.151. The lowest BCUT2D eigenvalue weighted by atomic mass is 10.1. The van der Waals surface area contributed by atoms with E-state index in [1.807, 2.05) is 26.8 Å². The Morgan fingerprint density at radius 2 is 1.71 bits per heavy atom. The van der Waals surface area contributed by atoms with Crippen LogP contribution in [0.2, 0.25) is 0 Å². The van der Waals surface area contributed by atoms with Gasteiger partial charge in [0.05, 0.1) is 13.2 Å². The van der Waals surface area contributed by atoms with Gasteiger partial charge in [-0.3, -0.25) is 14.4 Å². The van der Waals surface area contributed by atoms with E-state index in [0.29, 0.717) is 18.1 Å². The number of aromatic hydroxyl groups is 1. The summed E-state index contributed by atoms with van der Waals surface area (Å²) in [5, 5.41) is 8.63. The zero-order valence-electron chi connectivity index (χ0n) is 25.3. The molecule has 2 rings (SSSR count). The quantitative estimate of drug-likeness (QED) is 0.230. The summed E-state index contributed by atoms with van der Waals surface area (Å²) in [4.78, 5) is 36.9. The van der Waals surface area contributed by atoms with E-state index in [0.717, 1.165) is 25.9 Å². The van der Waals surface area contributed by atoms with Crippen molar-refractivity contribution in [3.63, 3.8) is 0 Å². The van der Waals surface area contributed by atoms with Crippen LogP contribution in [0.3, 0.4) is 0 Å². The summed E-state index contributed by atoms with van der Waals surface area (Å²) in [5.41, 5.74) is 5.04. The molecule has 11 nitrogen and oxygen atoms in total. The Balaban J connectivity index is 0.000000632. The molecule has 41 heavy (non-hydrogen) atoms. The fraction of sp³-hybridized carbons (Fsp3) is 0.533. The highest BCUT2D eigenvalue weighted by Crippen LogP contribution is 2.29. The number of pyridine rings is 1. The number of phenols is 1. The normalized spacial score (nSPS) is 11.5. The number of phenolic OH excluding ortho intramolecular Hbond substituents is 1. The minimum atomic E-state index is -0.762. The summed E-state index contributed by atoms with van der Waals surface area (Å²) >= 11 is 0. The molecule has 2 aromatic rings. The van der Waals surface area contributed by atoms with Crippen LogP contribution in [-0.2, 0) is 23.8 Å². The molecule has 0 aliphatic heterocycles. The molecule has 0 saturated heterocycles. The van der Waals surface area contributed by atoms with Crippen molar-refractivity contribution in [2.45, 2.75) is 79.4 Å². The summed E-state index contributed by atoms with van der Waals surface area (Å²) in [6, 6.07) is 10.2. The zero-order valence-corrected chi connectivity index (χ0v) is 25.3. The molecule has 0 spiro atoms. The second-order valence-electron chi connectivity index (χ2n) is 9.32. The van der Waals surface area contributed by atoms with Gasteiger partial charge in [0.25, 0.3) is 5.91 Å². The van der Waals surface area contributed by atoms with Gasteiger partial charge >= 0.3 is 11.9 Å². The van der Waals surface area contributed by atoms with E-state index in [2.05, 4.69) is 23.6 Å². The molecule has 1 amide bonds. The molecule has 3 N–H and O–H groups in total. The summed E-state index contributed by atoms with van der Waals surface area (Å²) in [5.74, 6) is -0.367. The van der Waals surface area contributed by atoms with Crippen LogP contribution < -0.4 is 15.2 Å². The van der Waals surface area contributed by atoms with Gasteiger partial charge in [-0.15, -0.1) is 0 Å². The van der Waals surface area contributed by atoms with Crippen molar-refractivity contribution in [2.24, 2.45) is 11.7 Å². The molecular formula is C30H46N2O9. The molecule has 0 bridgehead atoms. The molecule has 0 aliphatic carbocycles. The maximum absolute atomic E-state index is 11.5. The highest BCUT2D eigenvalue weighted by atomic mass is 16.7. The number of amides is 1. The van der Waals surface area contributed by atoms with E-state index in [1.165, 1.54) is 26.3 Å². The number of carbonyl (C=O) groups excluding carboxylic acids is 3. The van der Waals surface area contributed by atoms with Gasteiger partial charge in [-0.1, -0.05) is 45.9 Å². The average Bonchev–Trinajstić information content (AvgIpc) is 2.91. The van der Waals surface area contributed by atoms with Crippen LogP contribution in [0.25, 0.3) is 0 Å². The number of hydrogen-bond acceptors (Lipinski definition) is 10. The molecule has 0 radical (unpaired) electrons. The minimum absolute atomic E-state index is 0.0451. The Labute approximate surface area is 243 Å². The van der Waals surface area contributed by atoms with E-state index < -0.39 is 11.9 Å². The van der Waals surface area contributed by atoms with Gasteiger partial charge in [-0.2, -0.15) is 0 Å². The standard InChI is InChI=1S/C14H28O3.C10H12N2O5.C6H6O/c1-6-8-16-13(7-2)10-12(5)17-14(15)9-11(3)4;1-6(13)16-5-17-9-7(15-2)3-4-12-8(9)10(11)14;7-6-4-2-1-3-5-6/h11-13H,6-10H2,1-5H3;3-4H,5H2,1-2H3,(H2,11,14);1-5,7H. The molecule has 1 heterocycles. The van der Waals surface area contributed by atoms with E-state index in [9.17, 15) is 14.4 Å². The van der Waals surface area contributed by atoms with E-state index in [-0.39, 0.29) is 42.2 Å². The number of methoxy groups -OCH3 is 1. The summed E-state index contributed by atoms with van der Waals surface area (Å²) in [6.45, 7) is 11.8. The molecule has 2 atom stereocenters. The molecular weight excluding hydrogens is 532 g/mol. The number of para-hydroxylation sites is 1. The fourth-order valence-corrected chi connectivity index (χ4v) is 3.17. The topological polar surface area (TPSA) is 156 Å². The summed E-state index contributed by atoms with van der Waals surface area (Å²) in [6.07, 6.45) is 4.79. The lowest BCUT2D eigenvalue weighted by Crippen LogP contribution is -2.23. The van der Waals surface area contributed by atoms with Gasteiger partial charge in [-0.25, -0.2) is 4.98 Å². The van der Waals surface area contributed by atoms with Crippen LogP contribution in [0.1, 0.15) is 77.7 Å². The molecule has 0 aliphatic rings. The third-order valence-corrected chi connectivity index (χ3v) is 5.06. The molecule has 1 aromatic heterocycles. The third kappa shape index (κ3) is 18.2. The number of carbonyl (C=O) groups is 3. The molecule has 1 aromatic carbocycles. The van der Waals surface area contributed by atoms with Gasteiger partial charge < -0.3 is 34.5 Å². The van der Waals surface area contributed by atoms with Gasteiger partial charge in [-0.05, 0) is 37.8 Å². The van der Waals surface area contributed by atoms with Crippen LogP contribution in [0.4, 0.5) is 0 Å². The first-order valence-electron chi connectivity index (χ1n) is 13.6. The summed E-state index contributed by atoms with van der Waals surface area (Å²) in [7, 11) is 1.40. The van der Waals surface area contributed by atoms with Gasteiger partial charge in [0.1, 0.15) is 11.9 Å². The summed E-state index contributed by atoms with van der Waals surface area (Å²) < 4.78 is 25.7. The number of hydrogen-bond donors (Lipinski definition) is 2. The monoisotopic (exact) mass is 578 g/mol. The van der Waals surface area contributed by atoms with Crippen LogP contribution in [0.5, 0.6) is 17.2 Å². The van der Waals surface area contributed by atoms with Gasteiger partial charge in [0.2, 0.25) is 6.79 Å². The first-order chi connectivity index (χ1) is 19.4.